The summed E-state index contributed by atoms with van der Waals surface area (Å²) >= 11 is 0. The quantitative estimate of drug-likeness (QED) is 0.811. The van der Waals surface area contributed by atoms with E-state index in [1.807, 2.05) is 0 Å². The van der Waals surface area contributed by atoms with Crippen molar-refractivity contribution in [2.75, 3.05) is 19.6 Å². The fourth-order valence-corrected chi connectivity index (χ4v) is 3.84. The Bertz CT molecular complexity index is 266. The van der Waals surface area contributed by atoms with Crippen LogP contribution in [-0.2, 0) is 0 Å². The summed E-state index contributed by atoms with van der Waals surface area (Å²) in [6.07, 6.45) is 6.84. The molecule has 2 aliphatic rings. The SMILES string of the molecule is CCC1(C)CN(C2CCCC(C)C2C)CCCN1. The summed E-state index contributed by atoms with van der Waals surface area (Å²) in [4.78, 5) is 2.81. The number of nitrogens with zero attached hydrogens (tertiary/aromatic N) is 1. The lowest BCUT2D eigenvalue weighted by Gasteiger charge is -2.44. The van der Waals surface area contributed by atoms with Gasteiger partial charge in [-0.3, -0.25) is 4.90 Å². The number of nitrogens with one attached hydrogen (secondary N) is 1. The van der Waals surface area contributed by atoms with Crippen LogP contribution in [0.25, 0.3) is 0 Å². The molecular weight excluding hydrogens is 220 g/mol. The van der Waals surface area contributed by atoms with Gasteiger partial charge in [-0.2, -0.15) is 0 Å². The molecule has 0 amide bonds. The van der Waals surface area contributed by atoms with Gasteiger partial charge in [0.15, 0.2) is 0 Å². The van der Waals surface area contributed by atoms with Crippen LogP contribution < -0.4 is 5.32 Å². The summed E-state index contributed by atoms with van der Waals surface area (Å²) in [7, 11) is 0. The third kappa shape index (κ3) is 3.08. The number of rotatable bonds is 2. The molecule has 2 heteroatoms. The summed E-state index contributed by atoms with van der Waals surface area (Å²) in [5.74, 6) is 1.78. The van der Waals surface area contributed by atoms with Gasteiger partial charge in [0, 0.05) is 18.1 Å². The second kappa shape index (κ2) is 5.92. The Morgan fingerprint density at radius 2 is 2.00 bits per heavy atom. The highest BCUT2D eigenvalue weighted by molar-refractivity contribution is 4.93. The second-order valence-corrected chi connectivity index (χ2v) is 7.00. The van der Waals surface area contributed by atoms with Gasteiger partial charge in [0.05, 0.1) is 0 Å². The highest BCUT2D eigenvalue weighted by Crippen LogP contribution is 2.34. The molecule has 0 spiro atoms. The standard InChI is InChI=1S/C16H32N2/c1-5-16(4)12-18(11-7-10-17-16)15-9-6-8-13(2)14(15)3/h13-15,17H,5-12H2,1-4H3. The number of hydrogen-bond acceptors (Lipinski definition) is 2. The van der Waals surface area contributed by atoms with E-state index in [4.69, 9.17) is 0 Å². The normalized spacial score (nSPS) is 43.7. The maximum absolute atomic E-state index is 3.76. The lowest BCUT2D eigenvalue weighted by atomic mass is 9.77. The first-order chi connectivity index (χ1) is 8.56. The molecule has 0 radical (unpaired) electrons. The zero-order chi connectivity index (χ0) is 13.2. The maximum atomic E-state index is 3.76. The molecule has 106 valence electrons. The molecule has 0 bridgehead atoms. The summed E-state index contributed by atoms with van der Waals surface area (Å²) in [6.45, 7) is 13.4. The van der Waals surface area contributed by atoms with Crippen LogP contribution in [0.15, 0.2) is 0 Å². The van der Waals surface area contributed by atoms with Crippen LogP contribution in [0.1, 0.15) is 59.8 Å². The van der Waals surface area contributed by atoms with Crippen molar-refractivity contribution in [2.45, 2.75) is 71.4 Å². The topological polar surface area (TPSA) is 15.3 Å². The average molecular weight is 252 g/mol. The monoisotopic (exact) mass is 252 g/mol. The fraction of sp³-hybridized carbons (Fsp3) is 1.00. The van der Waals surface area contributed by atoms with Gasteiger partial charge in [-0.05, 0) is 51.1 Å². The molecule has 2 fully saturated rings. The van der Waals surface area contributed by atoms with Gasteiger partial charge in [0.25, 0.3) is 0 Å². The predicted octanol–water partition coefficient (Wildman–Crippen LogP) is 3.28. The molecule has 2 nitrogen and oxygen atoms in total. The minimum Gasteiger partial charge on any atom is -0.310 e. The Morgan fingerprint density at radius 1 is 1.22 bits per heavy atom. The Kier molecular flexibility index (Phi) is 4.71. The smallest absolute Gasteiger partial charge is 0.0277 e. The van der Waals surface area contributed by atoms with Crippen LogP contribution in [0.4, 0.5) is 0 Å². The molecule has 4 unspecified atom stereocenters. The van der Waals surface area contributed by atoms with E-state index in [1.165, 1.54) is 51.7 Å². The van der Waals surface area contributed by atoms with Crippen LogP contribution in [-0.4, -0.2) is 36.1 Å². The van der Waals surface area contributed by atoms with Crippen LogP contribution in [0.5, 0.6) is 0 Å². The molecule has 18 heavy (non-hydrogen) atoms. The maximum Gasteiger partial charge on any atom is 0.0277 e. The van der Waals surface area contributed by atoms with Crippen LogP contribution in [0.3, 0.4) is 0 Å². The van der Waals surface area contributed by atoms with Crippen LogP contribution in [0.2, 0.25) is 0 Å². The molecule has 1 N–H and O–H groups in total. The van der Waals surface area contributed by atoms with E-state index in [0.29, 0.717) is 5.54 Å². The highest BCUT2D eigenvalue weighted by atomic mass is 15.2. The third-order valence-corrected chi connectivity index (χ3v) is 5.64. The Balaban J connectivity index is 2.06. The Labute approximate surface area is 114 Å². The highest BCUT2D eigenvalue weighted by Gasteiger charge is 2.35. The van der Waals surface area contributed by atoms with E-state index in [1.54, 1.807) is 0 Å². The van der Waals surface area contributed by atoms with E-state index in [-0.39, 0.29) is 0 Å². The second-order valence-electron chi connectivity index (χ2n) is 7.00. The molecular formula is C16H32N2. The predicted molar refractivity (Wildman–Crippen MR) is 78.9 cm³/mol. The largest absolute Gasteiger partial charge is 0.310 e. The van der Waals surface area contributed by atoms with Crippen LogP contribution >= 0.6 is 0 Å². The van der Waals surface area contributed by atoms with Crippen molar-refractivity contribution in [1.82, 2.24) is 10.2 Å². The fourth-order valence-electron chi connectivity index (χ4n) is 3.84. The van der Waals surface area contributed by atoms with Crippen molar-refractivity contribution in [1.29, 1.82) is 0 Å². The van der Waals surface area contributed by atoms with E-state index in [0.717, 1.165) is 17.9 Å². The van der Waals surface area contributed by atoms with E-state index in [2.05, 4.69) is 37.9 Å². The van der Waals surface area contributed by atoms with Crippen molar-refractivity contribution in [3.05, 3.63) is 0 Å². The molecule has 1 aliphatic carbocycles. The first-order valence-electron chi connectivity index (χ1n) is 8.05. The first-order valence-corrected chi connectivity index (χ1v) is 8.05. The molecule has 0 aromatic rings. The minimum atomic E-state index is 0.330. The molecule has 0 aromatic carbocycles. The van der Waals surface area contributed by atoms with Crippen LogP contribution in [0, 0.1) is 11.8 Å². The third-order valence-electron chi connectivity index (χ3n) is 5.64. The zero-order valence-electron chi connectivity index (χ0n) is 12.8. The van der Waals surface area contributed by atoms with Crippen molar-refractivity contribution in [2.24, 2.45) is 11.8 Å². The van der Waals surface area contributed by atoms with Crippen molar-refractivity contribution in [3.63, 3.8) is 0 Å². The van der Waals surface area contributed by atoms with Crippen molar-refractivity contribution < 1.29 is 0 Å². The molecule has 2 rings (SSSR count). The van der Waals surface area contributed by atoms with E-state index in [9.17, 15) is 0 Å². The molecule has 1 saturated heterocycles. The van der Waals surface area contributed by atoms with Gasteiger partial charge in [-0.1, -0.05) is 33.6 Å². The van der Waals surface area contributed by atoms with E-state index < -0.39 is 0 Å². The molecule has 1 aliphatic heterocycles. The van der Waals surface area contributed by atoms with Gasteiger partial charge >= 0.3 is 0 Å². The summed E-state index contributed by atoms with van der Waals surface area (Å²) in [5, 5.41) is 3.76. The molecule has 0 aromatic heterocycles. The van der Waals surface area contributed by atoms with E-state index >= 15 is 0 Å². The molecule has 4 atom stereocenters. The summed E-state index contributed by atoms with van der Waals surface area (Å²) < 4.78 is 0. The van der Waals surface area contributed by atoms with Crippen molar-refractivity contribution >= 4 is 0 Å². The summed E-state index contributed by atoms with van der Waals surface area (Å²) in [5.41, 5.74) is 0.330. The number of hydrogen-bond donors (Lipinski definition) is 1. The van der Waals surface area contributed by atoms with Gasteiger partial charge in [-0.25, -0.2) is 0 Å². The molecule has 1 saturated carbocycles. The average Bonchev–Trinajstić information content (AvgIpc) is 2.56. The van der Waals surface area contributed by atoms with Gasteiger partial charge in [0.2, 0.25) is 0 Å². The van der Waals surface area contributed by atoms with Crippen molar-refractivity contribution in [3.8, 4) is 0 Å². The molecule has 1 heterocycles. The first kappa shape index (κ1) is 14.3. The van der Waals surface area contributed by atoms with Gasteiger partial charge in [-0.15, -0.1) is 0 Å². The zero-order valence-corrected chi connectivity index (χ0v) is 12.8. The minimum absolute atomic E-state index is 0.330. The lowest BCUT2D eigenvalue weighted by molar-refractivity contribution is 0.0670. The van der Waals surface area contributed by atoms with Gasteiger partial charge in [0.1, 0.15) is 0 Å². The van der Waals surface area contributed by atoms with Gasteiger partial charge < -0.3 is 5.32 Å². The lowest BCUT2D eigenvalue weighted by Crippen LogP contribution is -2.53. The Morgan fingerprint density at radius 3 is 2.72 bits per heavy atom. The Hall–Kier alpha value is -0.0800. The summed E-state index contributed by atoms with van der Waals surface area (Å²) in [6, 6.07) is 0.833.